The summed E-state index contributed by atoms with van der Waals surface area (Å²) in [5.41, 5.74) is 10.1. The summed E-state index contributed by atoms with van der Waals surface area (Å²) in [6, 6.07) is 16.0. The Hall–Kier alpha value is -1.84. The van der Waals surface area contributed by atoms with Crippen molar-refractivity contribution in [1.82, 2.24) is 0 Å². The lowest BCUT2D eigenvalue weighted by molar-refractivity contribution is 0.180. The van der Waals surface area contributed by atoms with Gasteiger partial charge in [0.1, 0.15) is 0 Å². The molecule has 2 aromatic carbocycles. The van der Waals surface area contributed by atoms with Crippen LogP contribution in [0.3, 0.4) is 0 Å². The van der Waals surface area contributed by atoms with E-state index in [0.29, 0.717) is 13.1 Å². The minimum atomic E-state index is -0.473. The van der Waals surface area contributed by atoms with Gasteiger partial charge in [0.25, 0.3) is 0 Å². The van der Waals surface area contributed by atoms with Gasteiger partial charge in [-0.3, -0.25) is 0 Å². The highest BCUT2D eigenvalue weighted by molar-refractivity contribution is 5.71. The van der Waals surface area contributed by atoms with E-state index in [1.807, 2.05) is 42.5 Å². The number of hydrogen-bond donors (Lipinski definition) is 2. The molecule has 3 rings (SSSR count). The molecule has 0 aromatic heterocycles. The van der Waals surface area contributed by atoms with Crippen molar-refractivity contribution >= 4 is 11.4 Å². The van der Waals surface area contributed by atoms with Crippen LogP contribution in [-0.2, 0) is 6.42 Å². The van der Waals surface area contributed by atoms with Crippen LogP contribution in [0.25, 0.3) is 0 Å². The van der Waals surface area contributed by atoms with Gasteiger partial charge in [-0.15, -0.1) is 0 Å². The lowest BCUT2D eigenvalue weighted by Crippen LogP contribution is -2.25. The molecule has 0 saturated heterocycles. The normalized spacial score (nSPS) is 17.9. The number of anilines is 2. The van der Waals surface area contributed by atoms with E-state index in [1.165, 1.54) is 0 Å². The molecule has 1 atom stereocenters. The predicted molar refractivity (Wildman–Crippen MR) is 72.7 cm³/mol. The molecular formula is C15H16N2O. The molecular weight excluding hydrogens is 224 g/mol. The largest absolute Gasteiger partial charge is 0.388 e. The average molecular weight is 240 g/mol. The zero-order valence-electron chi connectivity index (χ0n) is 10.1. The summed E-state index contributed by atoms with van der Waals surface area (Å²) in [7, 11) is 0. The molecule has 0 fully saturated rings. The van der Waals surface area contributed by atoms with Crippen LogP contribution in [0.5, 0.6) is 0 Å². The quantitative estimate of drug-likeness (QED) is 0.804. The zero-order valence-corrected chi connectivity index (χ0v) is 10.1. The number of para-hydroxylation sites is 2. The molecule has 0 radical (unpaired) electrons. The van der Waals surface area contributed by atoms with Crippen LogP contribution in [0.15, 0.2) is 48.5 Å². The van der Waals surface area contributed by atoms with Gasteiger partial charge in [-0.1, -0.05) is 36.4 Å². The second-order valence-corrected chi connectivity index (χ2v) is 4.52. The maximum absolute atomic E-state index is 10.3. The van der Waals surface area contributed by atoms with E-state index in [9.17, 15) is 5.11 Å². The molecule has 0 bridgehead atoms. The molecule has 1 aliphatic heterocycles. The van der Waals surface area contributed by atoms with Crippen LogP contribution in [0.1, 0.15) is 17.2 Å². The molecule has 3 heteroatoms. The fourth-order valence-corrected chi connectivity index (χ4v) is 2.61. The third-order valence-corrected chi connectivity index (χ3v) is 3.46. The van der Waals surface area contributed by atoms with E-state index in [1.54, 1.807) is 0 Å². The molecule has 1 aliphatic rings. The van der Waals surface area contributed by atoms with Gasteiger partial charge in [-0.25, -0.2) is 0 Å². The molecule has 0 spiro atoms. The number of benzene rings is 2. The fraction of sp³-hybridized carbons (Fsp3) is 0.200. The first-order valence-corrected chi connectivity index (χ1v) is 6.14. The molecule has 1 unspecified atom stereocenters. The maximum atomic E-state index is 10.3. The molecule has 0 aliphatic carbocycles. The number of rotatable bonds is 1. The summed E-state index contributed by atoms with van der Waals surface area (Å²) in [6.07, 6.45) is 0.155. The minimum Gasteiger partial charge on any atom is -0.388 e. The zero-order chi connectivity index (χ0) is 12.5. The molecule has 0 saturated carbocycles. The van der Waals surface area contributed by atoms with Crippen molar-refractivity contribution in [2.24, 2.45) is 5.73 Å². The third kappa shape index (κ3) is 1.68. The first kappa shape index (κ1) is 11.3. The molecule has 2 aromatic rings. The first-order chi connectivity index (χ1) is 8.81. The summed E-state index contributed by atoms with van der Waals surface area (Å²) >= 11 is 0. The number of aliphatic hydroxyl groups excluding tert-OH is 1. The molecule has 3 nitrogen and oxygen atoms in total. The summed E-state index contributed by atoms with van der Waals surface area (Å²) in [6.45, 7) is 0.404. The van der Waals surface area contributed by atoms with Gasteiger partial charge in [0.05, 0.1) is 12.8 Å². The van der Waals surface area contributed by atoms with Crippen LogP contribution in [0.4, 0.5) is 11.4 Å². The maximum Gasteiger partial charge on any atom is 0.0851 e. The number of fused-ring (bicyclic) bond motifs is 2. The Bertz CT molecular complexity index is 568. The third-order valence-electron chi connectivity index (χ3n) is 3.46. The molecule has 3 N–H and O–H groups in total. The molecule has 1 heterocycles. The van der Waals surface area contributed by atoms with Gasteiger partial charge in [0.15, 0.2) is 0 Å². The number of nitrogens with two attached hydrogens (primary N) is 1. The van der Waals surface area contributed by atoms with E-state index < -0.39 is 6.10 Å². The van der Waals surface area contributed by atoms with Crippen molar-refractivity contribution in [1.29, 1.82) is 0 Å². The topological polar surface area (TPSA) is 49.5 Å². The van der Waals surface area contributed by atoms with Gasteiger partial charge in [0, 0.05) is 23.4 Å². The Balaban J connectivity index is 2.23. The van der Waals surface area contributed by atoms with E-state index in [2.05, 4.69) is 11.0 Å². The van der Waals surface area contributed by atoms with Gasteiger partial charge in [0.2, 0.25) is 0 Å². The van der Waals surface area contributed by atoms with Crippen LogP contribution < -0.4 is 10.6 Å². The van der Waals surface area contributed by atoms with Crippen molar-refractivity contribution in [2.45, 2.75) is 12.5 Å². The second kappa shape index (κ2) is 4.44. The van der Waals surface area contributed by atoms with E-state index in [4.69, 9.17) is 5.73 Å². The number of aliphatic hydroxyl groups is 1. The Morgan fingerprint density at radius 3 is 2.50 bits per heavy atom. The molecule has 92 valence electrons. The summed E-state index contributed by atoms with van der Waals surface area (Å²) in [4.78, 5) is 2.06. The Kier molecular flexibility index (Phi) is 2.78. The predicted octanol–water partition coefficient (Wildman–Crippen LogP) is 2.33. The molecule has 18 heavy (non-hydrogen) atoms. The summed E-state index contributed by atoms with van der Waals surface area (Å²) < 4.78 is 0. The number of hydrogen-bond acceptors (Lipinski definition) is 3. The summed E-state index contributed by atoms with van der Waals surface area (Å²) in [5.74, 6) is 0. The fourth-order valence-electron chi connectivity index (χ4n) is 2.61. The van der Waals surface area contributed by atoms with Crippen molar-refractivity contribution in [3.63, 3.8) is 0 Å². The van der Waals surface area contributed by atoms with Crippen LogP contribution in [0, 0.1) is 0 Å². The van der Waals surface area contributed by atoms with Gasteiger partial charge < -0.3 is 15.7 Å². The highest BCUT2D eigenvalue weighted by atomic mass is 16.3. The smallest absolute Gasteiger partial charge is 0.0851 e. The van der Waals surface area contributed by atoms with Gasteiger partial charge >= 0.3 is 0 Å². The monoisotopic (exact) mass is 240 g/mol. The van der Waals surface area contributed by atoms with Crippen LogP contribution in [-0.4, -0.2) is 11.8 Å². The Morgan fingerprint density at radius 1 is 1.06 bits per heavy atom. The summed E-state index contributed by atoms with van der Waals surface area (Å²) in [5, 5.41) is 10.3. The van der Waals surface area contributed by atoms with Crippen LogP contribution >= 0.6 is 0 Å². The van der Waals surface area contributed by atoms with E-state index in [0.717, 1.165) is 22.5 Å². The minimum absolute atomic E-state index is 0.404. The van der Waals surface area contributed by atoms with Crippen molar-refractivity contribution in [3.05, 3.63) is 59.7 Å². The number of nitrogens with zero attached hydrogens (tertiary/aromatic N) is 1. The van der Waals surface area contributed by atoms with E-state index in [-0.39, 0.29) is 0 Å². The van der Waals surface area contributed by atoms with E-state index >= 15 is 0 Å². The van der Waals surface area contributed by atoms with Gasteiger partial charge in [-0.05, 0) is 17.7 Å². The first-order valence-electron chi connectivity index (χ1n) is 6.14. The van der Waals surface area contributed by atoms with Crippen LogP contribution in [0.2, 0.25) is 0 Å². The lowest BCUT2D eigenvalue weighted by atomic mass is 10.0. The Labute approximate surface area is 106 Å². The SMILES string of the molecule is NCN1c2ccccc2CC(O)c2ccccc21. The average Bonchev–Trinajstić information content (AvgIpc) is 2.53. The Morgan fingerprint density at radius 2 is 1.72 bits per heavy atom. The lowest BCUT2D eigenvalue weighted by Gasteiger charge is -2.25. The van der Waals surface area contributed by atoms with Crippen molar-refractivity contribution in [2.75, 3.05) is 11.6 Å². The van der Waals surface area contributed by atoms with Gasteiger partial charge in [-0.2, -0.15) is 0 Å². The highest BCUT2D eigenvalue weighted by Crippen LogP contribution is 2.39. The standard InChI is InChI=1S/C15H16N2O/c16-10-17-13-7-3-1-5-11(13)9-15(18)12-6-2-4-8-14(12)17/h1-8,15,18H,9-10,16H2. The molecule has 0 amide bonds. The van der Waals surface area contributed by atoms with Crippen molar-refractivity contribution < 1.29 is 5.11 Å². The van der Waals surface area contributed by atoms with Crippen molar-refractivity contribution in [3.8, 4) is 0 Å². The highest BCUT2D eigenvalue weighted by Gasteiger charge is 2.24. The second-order valence-electron chi connectivity index (χ2n) is 4.52.